The van der Waals surface area contributed by atoms with Gasteiger partial charge in [-0.1, -0.05) is 146 Å². The first kappa shape index (κ1) is 28.7. The second-order valence-corrected chi connectivity index (χ2v) is 13.8. The minimum absolute atomic E-state index is 1.04. The van der Waals surface area contributed by atoms with E-state index >= 15 is 0 Å². The van der Waals surface area contributed by atoms with Crippen molar-refractivity contribution in [1.82, 2.24) is 4.98 Å². The third-order valence-corrected chi connectivity index (χ3v) is 11.0. The molecule has 0 aliphatic rings. The molecule has 0 spiro atoms. The highest BCUT2D eigenvalue weighted by molar-refractivity contribution is 7.22. The Bertz CT molecular complexity index is 2870. The van der Waals surface area contributed by atoms with Gasteiger partial charge in [0, 0.05) is 27.7 Å². The molecule has 9 aromatic carbocycles. The smallest absolute Gasteiger partial charge is 0.124 e. The molecule has 10 rings (SSSR count). The summed E-state index contributed by atoms with van der Waals surface area (Å²) in [5, 5.41) is 10.9. The van der Waals surface area contributed by atoms with Gasteiger partial charge in [0.05, 0.1) is 15.9 Å². The summed E-state index contributed by atoms with van der Waals surface area (Å²) in [6.45, 7) is 0. The SMILES string of the molecule is c1ccc(-c2cccc(N(c3ccc4ccccc4c3)c3cccc4c3ccc3ccc5ccc6nc(-c7ccccc7)sc6c5c34)c2)cc1. The Morgan fingerprint density at radius 1 is 0.400 bits per heavy atom. The van der Waals surface area contributed by atoms with E-state index in [2.05, 4.69) is 187 Å². The van der Waals surface area contributed by atoms with Gasteiger partial charge in [-0.15, -0.1) is 11.3 Å². The minimum Gasteiger partial charge on any atom is -0.310 e. The number of hydrogen-bond donors (Lipinski definition) is 0. The fourth-order valence-corrected chi connectivity index (χ4v) is 8.59. The van der Waals surface area contributed by atoms with E-state index in [4.69, 9.17) is 4.98 Å². The highest BCUT2D eigenvalue weighted by atomic mass is 32.1. The van der Waals surface area contributed by atoms with Crippen molar-refractivity contribution in [2.24, 2.45) is 0 Å². The van der Waals surface area contributed by atoms with Crippen molar-refractivity contribution in [3.05, 3.63) is 182 Å². The molecular formula is C47H30N2S. The van der Waals surface area contributed by atoms with Crippen LogP contribution in [0, 0.1) is 0 Å². The van der Waals surface area contributed by atoms with Gasteiger partial charge in [-0.3, -0.25) is 0 Å². The summed E-state index contributed by atoms with van der Waals surface area (Å²) in [6, 6.07) is 65.7. The predicted octanol–water partition coefficient (Wildman–Crippen LogP) is 13.7. The largest absolute Gasteiger partial charge is 0.310 e. The molecular weight excluding hydrogens is 625 g/mol. The van der Waals surface area contributed by atoms with Crippen LogP contribution in [0.2, 0.25) is 0 Å². The summed E-state index contributed by atoms with van der Waals surface area (Å²) < 4.78 is 1.23. The number of hydrogen-bond acceptors (Lipinski definition) is 3. The molecule has 0 aliphatic heterocycles. The van der Waals surface area contributed by atoms with Gasteiger partial charge in [-0.2, -0.15) is 0 Å². The van der Waals surface area contributed by atoms with Crippen LogP contribution in [0.3, 0.4) is 0 Å². The molecule has 0 radical (unpaired) electrons. The first-order chi connectivity index (χ1) is 24.8. The fourth-order valence-electron chi connectivity index (χ4n) is 7.46. The van der Waals surface area contributed by atoms with Crippen LogP contribution in [0.5, 0.6) is 0 Å². The summed E-state index contributed by atoms with van der Waals surface area (Å²) in [6.07, 6.45) is 0. The summed E-state index contributed by atoms with van der Waals surface area (Å²) >= 11 is 1.79. The molecule has 2 nitrogen and oxygen atoms in total. The third kappa shape index (κ3) is 4.74. The first-order valence-corrected chi connectivity index (χ1v) is 17.8. The molecule has 0 fully saturated rings. The number of nitrogens with zero attached hydrogens (tertiary/aromatic N) is 2. The van der Waals surface area contributed by atoms with E-state index in [1.54, 1.807) is 11.3 Å². The first-order valence-electron chi connectivity index (χ1n) is 17.0. The molecule has 3 heteroatoms. The summed E-state index contributed by atoms with van der Waals surface area (Å²) in [5.74, 6) is 0. The average molecular weight is 655 g/mol. The van der Waals surface area contributed by atoms with Crippen molar-refractivity contribution in [2.45, 2.75) is 0 Å². The summed E-state index contributed by atoms with van der Waals surface area (Å²) in [5.41, 5.74) is 7.96. The molecule has 0 amide bonds. The van der Waals surface area contributed by atoms with Crippen molar-refractivity contribution in [3.8, 4) is 21.7 Å². The predicted molar refractivity (Wildman–Crippen MR) is 215 cm³/mol. The second kappa shape index (κ2) is 11.7. The monoisotopic (exact) mass is 654 g/mol. The molecule has 0 unspecified atom stereocenters. The van der Waals surface area contributed by atoms with E-state index in [0.29, 0.717) is 0 Å². The zero-order valence-electron chi connectivity index (χ0n) is 27.1. The van der Waals surface area contributed by atoms with Crippen LogP contribution in [0.4, 0.5) is 17.1 Å². The van der Waals surface area contributed by atoms with Gasteiger partial charge in [-0.05, 0) is 79.8 Å². The lowest BCUT2D eigenvalue weighted by atomic mass is 9.95. The van der Waals surface area contributed by atoms with E-state index in [-0.39, 0.29) is 0 Å². The van der Waals surface area contributed by atoms with Crippen LogP contribution in [0.25, 0.3) is 75.0 Å². The maximum atomic E-state index is 5.11. The summed E-state index contributed by atoms with van der Waals surface area (Å²) in [4.78, 5) is 7.54. The fraction of sp³-hybridized carbons (Fsp3) is 0. The number of anilines is 3. The zero-order valence-corrected chi connectivity index (χ0v) is 27.9. The number of thiazole rings is 1. The molecule has 0 atom stereocenters. The molecule has 50 heavy (non-hydrogen) atoms. The van der Waals surface area contributed by atoms with E-state index in [1.165, 1.54) is 58.9 Å². The zero-order chi connectivity index (χ0) is 33.0. The average Bonchev–Trinajstić information content (AvgIpc) is 3.64. The van der Waals surface area contributed by atoms with E-state index in [0.717, 1.165) is 33.1 Å². The summed E-state index contributed by atoms with van der Waals surface area (Å²) in [7, 11) is 0. The molecule has 1 heterocycles. The van der Waals surface area contributed by atoms with Crippen LogP contribution in [-0.4, -0.2) is 4.98 Å². The lowest BCUT2D eigenvalue weighted by Crippen LogP contribution is -2.10. The lowest BCUT2D eigenvalue weighted by molar-refractivity contribution is 1.30. The van der Waals surface area contributed by atoms with E-state index in [9.17, 15) is 0 Å². The van der Waals surface area contributed by atoms with Gasteiger partial charge in [0.1, 0.15) is 5.01 Å². The molecule has 0 saturated carbocycles. The van der Waals surface area contributed by atoms with Gasteiger partial charge < -0.3 is 4.90 Å². The molecule has 0 aliphatic carbocycles. The molecule has 0 bridgehead atoms. The van der Waals surface area contributed by atoms with Crippen molar-refractivity contribution < 1.29 is 0 Å². The number of fused-ring (bicyclic) bond motifs is 8. The van der Waals surface area contributed by atoms with E-state index in [1.807, 2.05) is 0 Å². The van der Waals surface area contributed by atoms with Crippen LogP contribution < -0.4 is 4.90 Å². The normalized spacial score (nSPS) is 11.6. The van der Waals surface area contributed by atoms with Crippen molar-refractivity contribution in [1.29, 1.82) is 0 Å². The Morgan fingerprint density at radius 2 is 1.04 bits per heavy atom. The van der Waals surface area contributed by atoms with Gasteiger partial charge in [0.2, 0.25) is 0 Å². The Morgan fingerprint density at radius 3 is 1.88 bits per heavy atom. The highest BCUT2D eigenvalue weighted by Crippen LogP contribution is 2.45. The Balaban J connectivity index is 1.25. The second-order valence-electron chi connectivity index (χ2n) is 12.8. The van der Waals surface area contributed by atoms with Crippen molar-refractivity contribution in [2.75, 3.05) is 4.90 Å². The third-order valence-electron chi connectivity index (χ3n) is 9.82. The maximum Gasteiger partial charge on any atom is 0.124 e. The van der Waals surface area contributed by atoms with Gasteiger partial charge in [0.25, 0.3) is 0 Å². The molecule has 1 aromatic heterocycles. The van der Waals surface area contributed by atoms with Gasteiger partial charge in [-0.25, -0.2) is 4.98 Å². The highest BCUT2D eigenvalue weighted by Gasteiger charge is 2.19. The van der Waals surface area contributed by atoms with Crippen LogP contribution in [0.15, 0.2) is 182 Å². The van der Waals surface area contributed by atoms with E-state index < -0.39 is 0 Å². The number of aromatic nitrogens is 1. The molecule has 10 aromatic rings. The molecule has 234 valence electrons. The Kier molecular flexibility index (Phi) is 6.71. The topological polar surface area (TPSA) is 16.1 Å². The van der Waals surface area contributed by atoms with Crippen molar-refractivity contribution >= 4 is 81.7 Å². The quantitative estimate of drug-likeness (QED) is 0.172. The Hall–Kier alpha value is -6.29. The van der Waals surface area contributed by atoms with Crippen LogP contribution in [0.1, 0.15) is 0 Å². The van der Waals surface area contributed by atoms with Gasteiger partial charge in [0.15, 0.2) is 0 Å². The molecule has 0 N–H and O–H groups in total. The standard InChI is InChI=1S/C47H30N2S/c1-3-11-31(12-4-1)37-17-9-18-38(29-37)49(39-26-23-32-13-7-8-16-36(32)30-39)43-20-10-19-41-40(43)27-24-33-21-22-34-25-28-42-46(45(34)44(33)41)50-47(48-42)35-14-5-2-6-15-35/h1-30H. The van der Waals surface area contributed by atoms with Crippen LogP contribution >= 0.6 is 11.3 Å². The number of rotatable bonds is 5. The Labute approximate surface area is 294 Å². The van der Waals surface area contributed by atoms with Gasteiger partial charge >= 0.3 is 0 Å². The number of benzene rings is 9. The minimum atomic E-state index is 1.04. The molecule has 0 saturated heterocycles. The maximum absolute atomic E-state index is 5.11. The van der Waals surface area contributed by atoms with Crippen LogP contribution in [-0.2, 0) is 0 Å². The lowest BCUT2D eigenvalue weighted by Gasteiger charge is -2.28. The van der Waals surface area contributed by atoms with Crippen molar-refractivity contribution in [3.63, 3.8) is 0 Å².